The highest BCUT2D eigenvalue weighted by atomic mass is 16.2. The molecule has 0 spiro atoms. The first-order valence-corrected chi connectivity index (χ1v) is 6.87. The van der Waals surface area contributed by atoms with E-state index in [-0.39, 0.29) is 12.6 Å². The Hall–Kier alpha value is -2.23. The summed E-state index contributed by atoms with van der Waals surface area (Å²) >= 11 is 0. The lowest BCUT2D eigenvalue weighted by Gasteiger charge is -2.20. The summed E-state index contributed by atoms with van der Waals surface area (Å²) in [6.07, 6.45) is 3.10. The lowest BCUT2D eigenvalue weighted by atomic mass is 10.1. The van der Waals surface area contributed by atoms with E-state index in [0.29, 0.717) is 0 Å². The van der Waals surface area contributed by atoms with E-state index in [4.69, 9.17) is 5.11 Å². The Labute approximate surface area is 120 Å². The average molecular weight is 266 g/mol. The second-order valence-electron chi connectivity index (χ2n) is 4.48. The van der Waals surface area contributed by atoms with E-state index in [1.807, 2.05) is 24.3 Å². The molecule has 0 aliphatic carbocycles. The molecule has 0 fully saturated rings. The number of aliphatic hydroxyl groups is 1. The number of benzene rings is 1. The number of nitrogens with one attached hydrogen (secondary N) is 1. The van der Waals surface area contributed by atoms with E-state index in [1.165, 1.54) is 0 Å². The lowest BCUT2D eigenvalue weighted by Crippen LogP contribution is -2.29. The smallest absolute Gasteiger partial charge is 0.139 e. The van der Waals surface area contributed by atoms with Crippen LogP contribution in [0.4, 0.5) is 11.4 Å². The van der Waals surface area contributed by atoms with Crippen LogP contribution in [0.2, 0.25) is 0 Å². The Kier molecular flexibility index (Phi) is 5.24. The summed E-state index contributed by atoms with van der Waals surface area (Å²) in [5.74, 6) is 11.9. The van der Waals surface area contributed by atoms with Gasteiger partial charge in [0, 0.05) is 6.42 Å². The van der Waals surface area contributed by atoms with Crippen LogP contribution in [-0.4, -0.2) is 23.5 Å². The van der Waals surface area contributed by atoms with Crippen LogP contribution in [-0.2, 0) is 0 Å². The molecule has 1 aromatic carbocycles. The first kappa shape index (κ1) is 14.2. The molecule has 0 amide bonds. The zero-order valence-electron chi connectivity index (χ0n) is 11.6. The van der Waals surface area contributed by atoms with Gasteiger partial charge in [0.2, 0.25) is 0 Å². The molecule has 0 saturated heterocycles. The normalized spacial score (nSPS) is 15.7. The van der Waals surface area contributed by atoms with Crippen molar-refractivity contribution in [3.63, 3.8) is 0 Å². The van der Waals surface area contributed by atoms with Crippen LogP contribution in [0.5, 0.6) is 0 Å². The highest BCUT2D eigenvalue weighted by Gasteiger charge is 2.18. The van der Waals surface area contributed by atoms with Crippen LogP contribution in [0.3, 0.4) is 0 Å². The molecule has 1 aromatic rings. The maximum atomic E-state index is 8.85. The minimum absolute atomic E-state index is 0.156. The molecule has 1 heterocycles. The van der Waals surface area contributed by atoms with Crippen molar-refractivity contribution in [2.45, 2.75) is 32.2 Å². The number of hydrogen-bond acceptors (Lipinski definition) is 3. The van der Waals surface area contributed by atoms with Gasteiger partial charge in [0.15, 0.2) is 0 Å². The summed E-state index contributed by atoms with van der Waals surface area (Å²) in [5, 5.41) is 12.2. The highest BCUT2D eigenvalue weighted by Crippen LogP contribution is 2.28. The largest absolute Gasteiger partial charge is 0.384 e. The van der Waals surface area contributed by atoms with Crippen molar-refractivity contribution in [2.75, 3.05) is 11.9 Å². The zero-order valence-corrected chi connectivity index (χ0v) is 11.6. The molecular formula is C17H18N2O. The zero-order chi connectivity index (χ0) is 14.2. The lowest BCUT2D eigenvalue weighted by molar-refractivity contribution is 0.350. The van der Waals surface area contributed by atoms with Gasteiger partial charge in [-0.15, -0.1) is 0 Å². The Morgan fingerprint density at radius 3 is 2.95 bits per heavy atom. The molecule has 3 nitrogen and oxygen atoms in total. The molecule has 20 heavy (non-hydrogen) atoms. The minimum Gasteiger partial charge on any atom is -0.384 e. The number of anilines is 1. The van der Waals surface area contributed by atoms with Gasteiger partial charge in [0.1, 0.15) is 18.4 Å². The van der Waals surface area contributed by atoms with Gasteiger partial charge in [0.25, 0.3) is 0 Å². The molecule has 1 atom stereocenters. The molecule has 1 aliphatic rings. The molecule has 0 bridgehead atoms. The predicted octanol–water partition coefficient (Wildman–Crippen LogP) is 2.74. The summed E-state index contributed by atoms with van der Waals surface area (Å²) in [6.45, 7) is 1.99. The van der Waals surface area contributed by atoms with Crippen molar-refractivity contribution in [3.05, 3.63) is 24.3 Å². The van der Waals surface area contributed by atoms with Gasteiger partial charge >= 0.3 is 0 Å². The standard InChI is InChI=1S/C17H18N2O/c1-2-3-4-5-9-14-17(12-8-13-20)19-16-11-7-6-10-15(16)18-14/h6-7,10-11,17,19-20H,2-4,13H2,1H3. The predicted molar refractivity (Wildman–Crippen MR) is 83.1 cm³/mol. The second-order valence-corrected chi connectivity index (χ2v) is 4.48. The van der Waals surface area contributed by atoms with E-state index >= 15 is 0 Å². The van der Waals surface area contributed by atoms with Crippen LogP contribution in [0.15, 0.2) is 29.3 Å². The fourth-order valence-corrected chi connectivity index (χ4v) is 1.88. The van der Waals surface area contributed by atoms with Gasteiger partial charge in [-0.05, 0) is 24.5 Å². The molecule has 2 rings (SSSR count). The van der Waals surface area contributed by atoms with E-state index < -0.39 is 0 Å². The first-order chi connectivity index (χ1) is 9.85. The third-order valence-corrected chi connectivity index (χ3v) is 2.92. The third kappa shape index (κ3) is 3.63. The summed E-state index contributed by atoms with van der Waals surface area (Å²) in [4.78, 5) is 4.57. The van der Waals surface area contributed by atoms with Crippen LogP contribution in [0.25, 0.3) is 0 Å². The number of unbranched alkanes of at least 4 members (excludes halogenated alkanes) is 2. The van der Waals surface area contributed by atoms with Gasteiger partial charge in [0.05, 0.1) is 11.4 Å². The molecule has 2 N–H and O–H groups in total. The van der Waals surface area contributed by atoms with Gasteiger partial charge in [-0.3, -0.25) is 0 Å². The summed E-state index contributed by atoms with van der Waals surface area (Å²) in [6, 6.07) is 7.58. The monoisotopic (exact) mass is 266 g/mol. The van der Waals surface area contributed by atoms with Crippen LogP contribution in [0, 0.1) is 23.7 Å². The Morgan fingerprint density at radius 1 is 1.30 bits per heavy atom. The molecule has 1 unspecified atom stereocenters. The topological polar surface area (TPSA) is 44.6 Å². The second kappa shape index (κ2) is 7.38. The summed E-state index contributed by atoms with van der Waals surface area (Å²) in [5.41, 5.74) is 2.55. The molecule has 0 aromatic heterocycles. The van der Waals surface area contributed by atoms with Gasteiger partial charge in [-0.25, -0.2) is 4.99 Å². The van der Waals surface area contributed by atoms with E-state index in [9.17, 15) is 0 Å². The van der Waals surface area contributed by atoms with Crippen LogP contribution < -0.4 is 5.32 Å². The Morgan fingerprint density at radius 2 is 2.15 bits per heavy atom. The molecule has 0 radical (unpaired) electrons. The van der Waals surface area contributed by atoms with Crippen molar-refractivity contribution < 1.29 is 5.11 Å². The number of para-hydroxylation sites is 2. The maximum Gasteiger partial charge on any atom is 0.139 e. The summed E-state index contributed by atoms with van der Waals surface area (Å²) < 4.78 is 0. The molecule has 0 saturated carbocycles. The number of aliphatic imine (C=N–C) groups is 1. The van der Waals surface area contributed by atoms with Gasteiger partial charge in [-0.2, -0.15) is 0 Å². The minimum atomic E-state index is -0.244. The van der Waals surface area contributed by atoms with E-state index in [0.717, 1.165) is 36.3 Å². The number of hydrogen-bond donors (Lipinski definition) is 2. The third-order valence-electron chi connectivity index (χ3n) is 2.92. The quantitative estimate of drug-likeness (QED) is 0.638. The first-order valence-electron chi connectivity index (χ1n) is 6.87. The molecule has 3 heteroatoms. The summed E-state index contributed by atoms with van der Waals surface area (Å²) in [7, 11) is 0. The number of rotatable bonds is 2. The van der Waals surface area contributed by atoms with Crippen molar-refractivity contribution in [1.82, 2.24) is 0 Å². The highest BCUT2D eigenvalue weighted by molar-refractivity contribution is 6.11. The Bertz CT molecular complexity index is 611. The number of nitrogens with zero attached hydrogens (tertiary/aromatic N) is 1. The van der Waals surface area contributed by atoms with Crippen LogP contribution >= 0.6 is 0 Å². The Balaban J connectivity index is 2.26. The van der Waals surface area contributed by atoms with E-state index in [2.05, 4.69) is 40.9 Å². The van der Waals surface area contributed by atoms with Crippen molar-refractivity contribution in [1.29, 1.82) is 0 Å². The van der Waals surface area contributed by atoms with E-state index in [1.54, 1.807) is 0 Å². The SMILES string of the molecule is CCCCC#CC1=Nc2ccccc2NC1C#CCO. The fourth-order valence-electron chi connectivity index (χ4n) is 1.88. The fraction of sp³-hybridized carbons (Fsp3) is 0.353. The van der Waals surface area contributed by atoms with Crippen molar-refractivity contribution >= 4 is 17.1 Å². The average Bonchev–Trinajstić information content (AvgIpc) is 2.49. The van der Waals surface area contributed by atoms with Crippen molar-refractivity contribution in [2.24, 2.45) is 4.99 Å². The van der Waals surface area contributed by atoms with Gasteiger partial charge in [-0.1, -0.05) is 43.2 Å². The molecule has 102 valence electrons. The van der Waals surface area contributed by atoms with Crippen LogP contribution in [0.1, 0.15) is 26.2 Å². The van der Waals surface area contributed by atoms with Gasteiger partial charge < -0.3 is 10.4 Å². The molecular weight excluding hydrogens is 248 g/mol. The maximum absolute atomic E-state index is 8.85. The number of fused-ring (bicyclic) bond motifs is 1. The number of aliphatic hydroxyl groups excluding tert-OH is 1. The van der Waals surface area contributed by atoms with Crippen molar-refractivity contribution in [3.8, 4) is 23.7 Å². The molecule has 1 aliphatic heterocycles.